The Kier molecular flexibility index (Phi) is 7.90. The third kappa shape index (κ3) is 5.27. The first-order chi connectivity index (χ1) is 17.0. The smallest absolute Gasteiger partial charge is 0.235 e. The van der Waals surface area contributed by atoms with Crippen molar-refractivity contribution in [2.75, 3.05) is 31.1 Å². The molecule has 2 aromatic rings. The first-order valence-corrected chi connectivity index (χ1v) is 12.9. The van der Waals surface area contributed by atoms with E-state index in [0.717, 1.165) is 36.7 Å². The zero-order chi connectivity index (χ0) is 24.9. The molecule has 182 valence electrons. The molecule has 2 atom stereocenters. The van der Waals surface area contributed by atoms with Gasteiger partial charge in [0.25, 0.3) is 0 Å². The van der Waals surface area contributed by atoms with E-state index in [1.165, 1.54) is 0 Å². The second-order valence-corrected chi connectivity index (χ2v) is 10.1. The Morgan fingerprint density at radius 2 is 1.86 bits per heavy atom. The highest BCUT2D eigenvalue weighted by molar-refractivity contribution is 8.00. The lowest BCUT2D eigenvalue weighted by atomic mass is 9.99. The minimum atomic E-state index is -0.743. The zero-order valence-corrected chi connectivity index (χ0v) is 20.6. The van der Waals surface area contributed by atoms with Crippen molar-refractivity contribution in [1.29, 1.82) is 10.5 Å². The highest BCUT2D eigenvalue weighted by Crippen LogP contribution is 2.40. The van der Waals surface area contributed by atoms with Crippen molar-refractivity contribution in [2.45, 2.75) is 55.1 Å². The number of halogens is 1. The van der Waals surface area contributed by atoms with Crippen LogP contribution in [0.3, 0.4) is 0 Å². The quantitative estimate of drug-likeness (QED) is 0.587. The van der Waals surface area contributed by atoms with E-state index in [2.05, 4.69) is 21.9 Å². The normalized spacial score (nSPS) is 19.8. The van der Waals surface area contributed by atoms with Crippen LogP contribution in [0.15, 0.2) is 35.4 Å². The summed E-state index contributed by atoms with van der Waals surface area (Å²) in [7, 11) is 0. The molecule has 2 aliphatic rings. The number of anilines is 1. The van der Waals surface area contributed by atoms with Crippen LogP contribution < -0.4 is 10.6 Å². The highest BCUT2D eigenvalue weighted by Gasteiger charge is 2.33. The van der Waals surface area contributed by atoms with E-state index in [0.29, 0.717) is 66.1 Å². The van der Waals surface area contributed by atoms with Crippen molar-refractivity contribution in [1.82, 2.24) is 9.88 Å². The summed E-state index contributed by atoms with van der Waals surface area (Å²) in [6.07, 6.45) is 2.06. The van der Waals surface area contributed by atoms with Crippen molar-refractivity contribution < 1.29 is 9.18 Å². The number of nitriles is 2. The summed E-state index contributed by atoms with van der Waals surface area (Å²) in [4.78, 5) is 21.5. The molecular formula is C26H29FN6OS. The number of nitrogens with two attached hydrogens (primary N) is 1. The van der Waals surface area contributed by atoms with Crippen LogP contribution in [0.4, 0.5) is 10.2 Å². The average molecular weight is 493 g/mol. The lowest BCUT2D eigenvalue weighted by molar-refractivity contribution is -0.117. The van der Waals surface area contributed by atoms with Gasteiger partial charge in [-0.2, -0.15) is 10.5 Å². The van der Waals surface area contributed by atoms with Gasteiger partial charge < -0.3 is 10.6 Å². The Hall–Kier alpha value is -3.14. The van der Waals surface area contributed by atoms with Gasteiger partial charge in [0.2, 0.25) is 5.91 Å². The summed E-state index contributed by atoms with van der Waals surface area (Å²) in [5.74, 6) is 0.0267. The predicted molar refractivity (Wildman–Crippen MR) is 134 cm³/mol. The summed E-state index contributed by atoms with van der Waals surface area (Å²) < 4.78 is 13.7. The Morgan fingerprint density at radius 1 is 1.17 bits per heavy atom. The molecule has 0 spiro atoms. The summed E-state index contributed by atoms with van der Waals surface area (Å²) in [5.41, 5.74) is 7.84. The van der Waals surface area contributed by atoms with Gasteiger partial charge in [-0.1, -0.05) is 49.0 Å². The number of rotatable bonds is 7. The van der Waals surface area contributed by atoms with Crippen molar-refractivity contribution >= 4 is 23.5 Å². The molecule has 3 heterocycles. The number of likely N-dealkylation sites (tertiary alicyclic amines) is 1. The summed E-state index contributed by atoms with van der Waals surface area (Å²) in [5, 5.41) is 19.7. The Morgan fingerprint density at radius 3 is 2.40 bits per heavy atom. The minimum absolute atomic E-state index is 0.320. The van der Waals surface area contributed by atoms with E-state index in [9.17, 15) is 19.7 Å². The van der Waals surface area contributed by atoms with Crippen LogP contribution in [-0.4, -0.2) is 54.2 Å². The molecule has 1 aromatic heterocycles. The minimum Gasteiger partial charge on any atom is -0.368 e. The maximum absolute atomic E-state index is 13.7. The zero-order valence-electron chi connectivity index (χ0n) is 19.8. The maximum atomic E-state index is 13.7. The summed E-state index contributed by atoms with van der Waals surface area (Å²) in [6.45, 7) is 4.58. The van der Waals surface area contributed by atoms with E-state index >= 15 is 0 Å². The molecule has 2 N–H and O–H groups in total. The second-order valence-electron chi connectivity index (χ2n) is 8.96. The molecule has 0 aliphatic carbocycles. The number of nitrogens with zero attached hydrogens (tertiary/aromatic N) is 5. The molecule has 4 rings (SSSR count). The van der Waals surface area contributed by atoms with Crippen molar-refractivity contribution in [2.24, 2.45) is 5.73 Å². The fourth-order valence-corrected chi connectivity index (χ4v) is 6.10. The van der Waals surface area contributed by atoms with Crippen LogP contribution >= 0.6 is 11.8 Å². The number of hydrogen-bond donors (Lipinski definition) is 1. The first kappa shape index (κ1) is 25.0. The van der Waals surface area contributed by atoms with Gasteiger partial charge in [0.1, 0.15) is 34.4 Å². The monoisotopic (exact) mass is 492 g/mol. The summed E-state index contributed by atoms with van der Waals surface area (Å²) >= 11 is 1.16. The van der Waals surface area contributed by atoms with E-state index < -0.39 is 17.3 Å². The van der Waals surface area contributed by atoms with E-state index in [4.69, 9.17) is 10.7 Å². The van der Waals surface area contributed by atoms with Gasteiger partial charge in [-0.05, 0) is 36.8 Å². The van der Waals surface area contributed by atoms with E-state index in [-0.39, 0.29) is 0 Å². The van der Waals surface area contributed by atoms with Gasteiger partial charge in [-0.15, -0.1) is 0 Å². The lowest BCUT2D eigenvalue weighted by Gasteiger charge is -2.37. The van der Waals surface area contributed by atoms with Gasteiger partial charge in [0, 0.05) is 32.2 Å². The standard InChI is InChI=1S/C26H29FN6OS/c1-2-20-21(14-28)25(32-12-9-19(10-13-32)33-11-8-18(27)16-33)31-26(22(20)15-29)35-23(24(30)34)17-6-4-3-5-7-17/h3-7,18-19,23H,2,8-13,16H2,1H3,(H2,30,34). The predicted octanol–water partition coefficient (Wildman–Crippen LogP) is 3.72. The Labute approximate surface area is 209 Å². The van der Waals surface area contributed by atoms with Crippen LogP contribution in [0.5, 0.6) is 0 Å². The molecule has 2 aliphatic heterocycles. The number of aromatic nitrogens is 1. The lowest BCUT2D eigenvalue weighted by Crippen LogP contribution is -2.44. The summed E-state index contributed by atoms with van der Waals surface area (Å²) in [6, 6.07) is 14.0. The van der Waals surface area contributed by atoms with Gasteiger partial charge in [-0.3, -0.25) is 9.69 Å². The molecule has 9 heteroatoms. The number of pyridine rings is 1. The topological polar surface area (TPSA) is 110 Å². The molecule has 35 heavy (non-hydrogen) atoms. The molecule has 0 radical (unpaired) electrons. The number of carbonyl (C=O) groups is 1. The van der Waals surface area contributed by atoms with Crippen molar-refractivity contribution in [3.63, 3.8) is 0 Å². The molecule has 0 bridgehead atoms. The Balaban J connectivity index is 1.66. The number of piperidine rings is 1. The number of amides is 1. The van der Waals surface area contributed by atoms with Gasteiger partial charge >= 0.3 is 0 Å². The number of primary amides is 1. The number of alkyl halides is 1. The number of hydrogen-bond acceptors (Lipinski definition) is 7. The van der Waals surface area contributed by atoms with E-state index in [1.54, 1.807) is 0 Å². The van der Waals surface area contributed by atoms with Crippen LogP contribution in [-0.2, 0) is 11.2 Å². The molecular weight excluding hydrogens is 463 g/mol. The molecule has 1 amide bonds. The van der Waals surface area contributed by atoms with E-state index in [1.807, 2.05) is 37.3 Å². The van der Waals surface area contributed by atoms with Gasteiger partial charge in [-0.25, -0.2) is 9.37 Å². The van der Waals surface area contributed by atoms with Crippen LogP contribution in [0.25, 0.3) is 0 Å². The molecule has 2 unspecified atom stereocenters. The molecule has 2 fully saturated rings. The first-order valence-electron chi connectivity index (χ1n) is 12.0. The molecule has 0 saturated carbocycles. The van der Waals surface area contributed by atoms with Crippen molar-refractivity contribution in [3.05, 3.63) is 52.6 Å². The van der Waals surface area contributed by atoms with Crippen molar-refractivity contribution in [3.8, 4) is 12.1 Å². The molecule has 7 nitrogen and oxygen atoms in total. The fourth-order valence-electron chi connectivity index (χ4n) is 5.04. The van der Waals surface area contributed by atoms with Crippen LogP contribution in [0.1, 0.15) is 53.7 Å². The maximum Gasteiger partial charge on any atom is 0.235 e. The van der Waals surface area contributed by atoms with Crippen LogP contribution in [0.2, 0.25) is 0 Å². The third-order valence-electron chi connectivity index (χ3n) is 6.86. The molecule has 1 aromatic carbocycles. The van der Waals surface area contributed by atoms with Crippen LogP contribution in [0, 0.1) is 22.7 Å². The highest BCUT2D eigenvalue weighted by atomic mass is 32.2. The number of carbonyl (C=O) groups excluding carboxylic acids is 1. The molecule has 2 saturated heterocycles. The fraction of sp³-hybridized carbons (Fsp3) is 0.462. The average Bonchev–Trinajstić information content (AvgIpc) is 3.32. The Bertz CT molecular complexity index is 1150. The SMILES string of the molecule is CCc1c(C#N)c(SC(C(N)=O)c2ccccc2)nc(N2CCC(N3CCC(F)C3)CC2)c1C#N. The van der Waals surface area contributed by atoms with Gasteiger partial charge in [0.15, 0.2) is 0 Å². The number of benzene rings is 1. The third-order valence-corrected chi connectivity index (χ3v) is 8.12. The number of thioether (sulfide) groups is 1. The second kappa shape index (κ2) is 11.1. The van der Waals surface area contributed by atoms with Gasteiger partial charge in [0.05, 0.1) is 11.1 Å². The largest absolute Gasteiger partial charge is 0.368 e.